The van der Waals surface area contributed by atoms with Crippen molar-refractivity contribution in [3.05, 3.63) is 94.3 Å². The Hall–Kier alpha value is -3.02. The van der Waals surface area contributed by atoms with E-state index in [1.165, 1.54) is 34.4 Å². The molecule has 0 aliphatic carbocycles. The van der Waals surface area contributed by atoms with Crippen molar-refractivity contribution in [3.63, 3.8) is 0 Å². The zero-order valence-electron chi connectivity index (χ0n) is 19.9. The van der Waals surface area contributed by atoms with Crippen LogP contribution in [0.4, 0.5) is 4.39 Å². The molecule has 0 radical (unpaired) electrons. The van der Waals surface area contributed by atoms with E-state index in [0.717, 1.165) is 61.3 Å². The maximum absolute atomic E-state index is 13.3. The summed E-state index contributed by atoms with van der Waals surface area (Å²) >= 11 is 0. The van der Waals surface area contributed by atoms with Crippen molar-refractivity contribution in [2.24, 2.45) is 5.16 Å². The largest absolute Gasteiger partial charge is 0.392 e. The molecule has 3 aromatic carbocycles. The van der Waals surface area contributed by atoms with E-state index in [9.17, 15) is 9.50 Å². The van der Waals surface area contributed by atoms with Gasteiger partial charge in [0.2, 0.25) is 0 Å². The zero-order valence-corrected chi connectivity index (χ0v) is 19.9. The molecule has 5 heteroatoms. The Morgan fingerprint density at radius 1 is 0.912 bits per heavy atom. The number of oxime groups is 1. The van der Waals surface area contributed by atoms with Crippen LogP contribution in [0.2, 0.25) is 0 Å². The summed E-state index contributed by atoms with van der Waals surface area (Å²) in [5.41, 5.74) is 8.79. The quantitative estimate of drug-likeness (QED) is 0.529. The third-order valence-corrected chi connectivity index (χ3v) is 7.21. The molecule has 176 valence electrons. The molecule has 34 heavy (non-hydrogen) atoms. The van der Waals surface area contributed by atoms with Crippen LogP contribution in [0.25, 0.3) is 11.1 Å². The van der Waals surface area contributed by atoms with Gasteiger partial charge in [-0.1, -0.05) is 53.7 Å². The van der Waals surface area contributed by atoms with E-state index in [1.54, 1.807) is 0 Å². The van der Waals surface area contributed by atoms with Gasteiger partial charge in [-0.15, -0.1) is 0 Å². The zero-order chi connectivity index (χ0) is 23.7. The van der Waals surface area contributed by atoms with Gasteiger partial charge < -0.3 is 9.94 Å². The van der Waals surface area contributed by atoms with Crippen LogP contribution in [0, 0.1) is 19.7 Å². The number of aryl methyl sites for hydroxylation is 2. The molecule has 1 saturated heterocycles. The molecule has 0 amide bonds. The highest BCUT2D eigenvalue weighted by atomic mass is 19.1. The molecule has 0 saturated carbocycles. The van der Waals surface area contributed by atoms with E-state index in [2.05, 4.69) is 36.0 Å². The van der Waals surface area contributed by atoms with Crippen LogP contribution in [0.1, 0.15) is 47.1 Å². The summed E-state index contributed by atoms with van der Waals surface area (Å²) in [5.74, 6) is -0.207. The Morgan fingerprint density at radius 3 is 2.15 bits per heavy atom. The minimum atomic E-state index is -0.207. The smallest absolute Gasteiger partial charge is 0.145 e. The minimum absolute atomic E-state index is 0.0526. The molecule has 0 aromatic heterocycles. The van der Waals surface area contributed by atoms with Gasteiger partial charge in [-0.3, -0.25) is 4.90 Å². The normalized spacial score (nSPS) is 17.6. The average Bonchev–Trinajstić information content (AvgIpc) is 3.25. The number of hydrogen-bond donors (Lipinski definition) is 1. The van der Waals surface area contributed by atoms with Gasteiger partial charge in [-0.25, -0.2) is 4.39 Å². The number of aliphatic hydroxyl groups is 1. The van der Waals surface area contributed by atoms with Gasteiger partial charge in [0.25, 0.3) is 0 Å². The van der Waals surface area contributed by atoms with Crippen molar-refractivity contribution >= 4 is 5.71 Å². The second-order valence-corrected chi connectivity index (χ2v) is 9.73. The number of hydrogen-bond acceptors (Lipinski definition) is 4. The minimum Gasteiger partial charge on any atom is -0.392 e. The van der Waals surface area contributed by atoms with Gasteiger partial charge in [0.15, 0.2) is 0 Å². The van der Waals surface area contributed by atoms with Crippen LogP contribution in [-0.4, -0.2) is 34.4 Å². The lowest BCUT2D eigenvalue weighted by molar-refractivity contribution is -0.0627. The lowest BCUT2D eigenvalue weighted by atomic mass is 9.85. The molecule has 2 aliphatic heterocycles. The molecule has 2 heterocycles. The molecule has 1 fully saturated rings. The maximum atomic E-state index is 13.3. The Bertz CT molecular complexity index is 1170. The van der Waals surface area contributed by atoms with Crippen LogP contribution < -0.4 is 0 Å². The van der Waals surface area contributed by atoms with Crippen molar-refractivity contribution in [1.82, 2.24) is 4.90 Å². The standard InChI is InChI=1S/C29H31FN2O2/c1-20-15-23(16-21(2)28(20)25-7-9-26(30)10-8-25)18-32-13-11-29(12-14-32)17-27(31-34-29)24-5-3-22(19-33)4-6-24/h3-10,15-16,33H,11-14,17-19H2,1-2H3. The van der Waals surface area contributed by atoms with E-state index in [-0.39, 0.29) is 18.0 Å². The van der Waals surface area contributed by atoms with Crippen LogP contribution in [0.3, 0.4) is 0 Å². The number of benzene rings is 3. The molecule has 3 aromatic rings. The van der Waals surface area contributed by atoms with Crippen LogP contribution in [0.15, 0.2) is 65.8 Å². The molecule has 1 N–H and O–H groups in total. The summed E-state index contributed by atoms with van der Waals surface area (Å²) in [6, 6.07) is 19.2. The van der Waals surface area contributed by atoms with Crippen molar-refractivity contribution in [2.75, 3.05) is 13.1 Å². The van der Waals surface area contributed by atoms with Crippen molar-refractivity contribution < 1.29 is 14.3 Å². The first-order valence-corrected chi connectivity index (χ1v) is 12.0. The van der Waals surface area contributed by atoms with Gasteiger partial charge in [0, 0.05) is 38.9 Å². The second-order valence-electron chi connectivity index (χ2n) is 9.73. The fraction of sp³-hybridized carbons (Fsp3) is 0.345. The molecule has 1 spiro atoms. The molecule has 4 nitrogen and oxygen atoms in total. The Kier molecular flexibility index (Phi) is 6.24. The lowest BCUT2D eigenvalue weighted by Gasteiger charge is -2.37. The highest BCUT2D eigenvalue weighted by Gasteiger charge is 2.42. The summed E-state index contributed by atoms with van der Waals surface area (Å²) < 4.78 is 13.3. The molecule has 0 bridgehead atoms. The highest BCUT2D eigenvalue weighted by molar-refractivity contribution is 6.01. The average molecular weight is 459 g/mol. The number of halogens is 1. The van der Waals surface area contributed by atoms with Crippen LogP contribution in [0.5, 0.6) is 0 Å². The van der Waals surface area contributed by atoms with Gasteiger partial charge in [-0.2, -0.15) is 0 Å². The van der Waals surface area contributed by atoms with E-state index >= 15 is 0 Å². The fourth-order valence-electron chi connectivity index (χ4n) is 5.34. The van der Waals surface area contributed by atoms with Gasteiger partial charge in [-0.05, 0) is 64.9 Å². The van der Waals surface area contributed by atoms with Crippen LogP contribution in [-0.2, 0) is 18.0 Å². The number of rotatable bonds is 5. The van der Waals surface area contributed by atoms with Crippen molar-refractivity contribution in [3.8, 4) is 11.1 Å². The highest BCUT2D eigenvalue weighted by Crippen LogP contribution is 2.37. The summed E-state index contributed by atoms with van der Waals surface area (Å²) in [6.07, 6.45) is 2.75. The predicted octanol–water partition coefficient (Wildman–Crippen LogP) is 5.76. The summed E-state index contributed by atoms with van der Waals surface area (Å²) in [7, 11) is 0. The molecule has 0 atom stereocenters. The Balaban J connectivity index is 1.21. The lowest BCUT2D eigenvalue weighted by Crippen LogP contribution is -2.44. The first kappa shape index (κ1) is 22.8. The third-order valence-electron chi connectivity index (χ3n) is 7.21. The van der Waals surface area contributed by atoms with E-state index in [4.69, 9.17) is 4.84 Å². The number of piperidine rings is 1. The Labute approximate surface area is 200 Å². The predicted molar refractivity (Wildman–Crippen MR) is 133 cm³/mol. The summed E-state index contributed by atoms with van der Waals surface area (Å²) in [6.45, 7) is 7.19. The number of nitrogens with zero attached hydrogens (tertiary/aromatic N) is 2. The molecule has 0 unspecified atom stereocenters. The van der Waals surface area contributed by atoms with E-state index < -0.39 is 0 Å². The fourth-order valence-corrected chi connectivity index (χ4v) is 5.34. The molecular formula is C29H31FN2O2. The van der Waals surface area contributed by atoms with E-state index in [1.807, 2.05) is 36.4 Å². The van der Waals surface area contributed by atoms with Crippen molar-refractivity contribution in [1.29, 1.82) is 0 Å². The number of aliphatic hydroxyl groups excluding tert-OH is 1. The first-order chi connectivity index (χ1) is 16.4. The summed E-state index contributed by atoms with van der Waals surface area (Å²) in [4.78, 5) is 8.49. The first-order valence-electron chi connectivity index (χ1n) is 12.0. The third kappa shape index (κ3) is 4.63. The topological polar surface area (TPSA) is 45.1 Å². The summed E-state index contributed by atoms with van der Waals surface area (Å²) in [5, 5.41) is 13.7. The molecule has 5 rings (SSSR count). The monoisotopic (exact) mass is 458 g/mol. The Morgan fingerprint density at radius 2 is 1.53 bits per heavy atom. The molecular weight excluding hydrogens is 427 g/mol. The van der Waals surface area contributed by atoms with E-state index in [0.29, 0.717) is 0 Å². The number of likely N-dealkylation sites (tertiary alicyclic amines) is 1. The van der Waals surface area contributed by atoms with Crippen LogP contribution >= 0.6 is 0 Å². The second kappa shape index (κ2) is 9.32. The van der Waals surface area contributed by atoms with Gasteiger partial charge in [0.1, 0.15) is 11.4 Å². The maximum Gasteiger partial charge on any atom is 0.145 e. The van der Waals surface area contributed by atoms with Gasteiger partial charge >= 0.3 is 0 Å². The SMILES string of the molecule is Cc1cc(CN2CCC3(CC2)CC(c2ccc(CO)cc2)=NO3)cc(C)c1-c1ccc(F)cc1. The molecule has 2 aliphatic rings. The van der Waals surface area contributed by atoms with Crippen molar-refractivity contribution in [2.45, 2.75) is 51.9 Å². The van der Waals surface area contributed by atoms with Gasteiger partial charge in [0.05, 0.1) is 12.3 Å².